The average Bonchev–Trinajstić information content (AvgIpc) is 2.03. The Hall–Kier alpha value is -0.160. The van der Waals surface area contributed by atoms with Crippen LogP contribution in [0.25, 0.3) is 0 Å². The molecule has 0 saturated heterocycles. The van der Waals surface area contributed by atoms with Gasteiger partial charge >= 0.3 is 0 Å². The lowest BCUT2D eigenvalue weighted by Crippen LogP contribution is -2.33. The predicted octanol–water partition coefficient (Wildman–Crippen LogP) is -1.07. The lowest BCUT2D eigenvalue weighted by Gasteiger charge is -2.18. The van der Waals surface area contributed by atoms with E-state index >= 15 is 0 Å². The van der Waals surface area contributed by atoms with Gasteiger partial charge in [-0.2, -0.15) is 0 Å². The normalized spacial score (nSPS) is 38.2. The van der Waals surface area contributed by atoms with E-state index in [2.05, 4.69) is 0 Å². The van der Waals surface area contributed by atoms with Crippen molar-refractivity contribution < 1.29 is 15.3 Å². The zero-order valence-corrected chi connectivity index (χ0v) is 6.40. The summed E-state index contributed by atoms with van der Waals surface area (Å²) in [4.78, 5) is 0. The van der Waals surface area contributed by atoms with E-state index in [9.17, 15) is 15.3 Å². The second kappa shape index (κ2) is 3.06. The molecular formula is C7H15NO3. The number of nitrogens with two attached hydrogens (primary N) is 1. The second-order valence-corrected chi connectivity index (χ2v) is 3.29. The van der Waals surface area contributed by atoms with Gasteiger partial charge in [0.2, 0.25) is 0 Å². The highest BCUT2D eigenvalue weighted by Gasteiger charge is 2.30. The fourth-order valence-corrected chi connectivity index (χ4v) is 1.31. The highest BCUT2D eigenvalue weighted by molar-refractivity contribution is 4.81. The summed E-state index contributed by atoms with van der Waals surface area (Å²) < 4.78 is 0. The van der Waals surface area contributed by atoms with Crippen molar-refractivity contribution in [3.63, 3.8) is 0 Å². The Balaban J connectivity index is 2.51. The van der Waals surface area contributed by atoms with Crippen LogP contribution in [0, 0.1) is 0 Å². The quantitative estimate of drug-likeness (QED) is 0.269. The van der Waals surface area contributed by atoms with Crippen LogP contribution < -0.4 is 5.73 Å². The lowest BCUT2D eigenvalue weighted by molar-refractivity contribution is -0.169. The van der Waals surface area contributed by atoms with Gasteiger partial charge in [0.1, 0.15) is 0 Å². The number of aliphatic hydroxyl groups is 3. The number of aliphatic hydroxyl groups excluding tert-OH is 1. The van der Waals surface area contributed by atoms with Crippen LogP contribution in [0.1, 0.15) is 25.7 Å². The topological polar surface area (TPSA) is 86.7 Å². The van der Waals surface area contributed by atoms with Gasteiger partial charge in [-0.3, -0.25) is 0 Å². The molecular weight excluding hydrogens is 146 g/mol. The van der Waals surface area contributed by atoms with E-state index in [0.29, 0.717) is 12.8 Å². The summed E-state index contributed by atoms with van der Waals surface area (Å²) >= 11 is 0. The van der Waals surface area contributed by atoms with Crippen LogP contribution in [0.3, 0.4) is 0 Å². The molecule has 1 unspecified atom stereocenters. The van der Waals surface area contributed by atoms with Crippen LogP contribution in [-0.2, 0) is 0 Å². The van der Waals surface area contributed by atoms with Crippen LogP contribution >= 0.6 is 0 Å². The van der Waals surface area contributed by atoms with Crippen molar-refractivity contribution in [1.29, 1.82) is 0 Å². The number of rotatable bonds is 0. The maximum absolute atomic E-state index is 9.24. The van der Waals surface area contributed by atoms with Crippen molar-refractivity contribution in [2.75, 3.05) is 0 Å². The Morgan fingerprint density at radius 2 is 1.73 bits per heavy atom. The summed E-state index contributed by atoms with van der Waals surface area (Å²) in [6.45, 7) is 0. The Morgan fingerprint density at radius 1 is 1.18 bits per heavy atom. The first-order valence-electron chi connectivity index (χ1n) is 3.90. The van der Waals surface area contributed by atoms with Gasteiger partial charge in [0, 0.05) is 18.9 Å². The van der Waals surface area contributed by atoms with E-state index in [4.69, 9.17) is 5.73 Å². The van der Waals surface area contributed by atoms with Gasteiger partial charge in [-0.05, 0) is 12.8 Å². The lowest BCUT2D eigenvalue weighted by atomic mass is 10.1. The molecule has 1 saturated carbocycles. The van der Waals surface area contributed by atoms with Crippen LogP contribution in [0.4, 0.5) is 0 Å². The van der Waals surface area contributed by atoms with Crippen molar-refractivity contribution in [1.82, 2.24) is 0 Å². The van der Waals surface area contributed by atoms with E-state index in [1.54, 1.807) is 0 Å². The van der Waals surface area contributed by atoms with E-state index < -0.39 is 11.9 Å². The molecule has 1 aliphatic rings. The monoisotopic (exact) mass is 161 g/mol. The van der Waals surface area contributed by atoms with Crippen molar-refractivity contribution in [2.24, 2.45) is 5.73 Å². The molecule has 0 bridgehead atoms. The molecule has 2 atom stereocenters. The Morgan fingerprint density at radius 3 is 2.36 bits per heavy atom. The summed E-state index contributed by atoms with van der Waals surface area (Å²) in [5.74, 6) is -1.62. The van der Waals surface area contributed by atoms with Crippen LogP contribution in [0.2, 0.25) is 0 Å². The molecule has 11 heavy (non-hydrogen) atoms. The van der Waals surface area contributed by atoms with Crippen molar-refractivity contribution in [3.8, 4) is 0 Å². The average molecular weight is 161 g/mol. The van der Waals surface area contributed by atoms with E-state index in [-0.39, 0.29) is 18.9 Å². The summed E-state index contributed by atoms with van der Waals surface area (Å²) in [6, 6.07) is -0.309. The van der Waals surface area contributed by atoms with Crippen molar-refractivity contribution in [3.05, 3.63) is 0 Å². The molecule has 0 amide bonds. The molecule has 0 spiro atoms. The van der Waals surface area contributed by atoms with Crippen LogP contribution in [0.15, 0.2) is 0 Å². The maximum atomic E-state index is 9.24. The first kappa shape index (κ1) is 8.93. The third-order valence-electron chi connectivity index (χ3n) is 2.21. The SMILES string of the molecule is N[C@@H]1CCC(O)(O)CCC1O. The summed E-state index contributed by atoms with van der Waals surface area (Å²) in [7, 11) is 0. The molecule has 0 radical (unpaired) electrons. The Bertz CT molecular complexity index is 124. The van der Waals surface area contributed by atoms with E-state index in [0.717, 1.165) is 0 Å². The first-order chi connectivity index (χ1) is 5.01. The van der Waals surface area contributed by atoms with Gasteiger partial charge in [0.15, 0.2) is 5.79 Å². The van der Waals surface area contributed by atoms with Crippen molar-refractivity contribution in [2.45, 2.75) is 43.6 Å². The fourth-order valence-electron chi connectivity index (χ4n) is 1.31. The van der Waals surface area contributed by atoms with Crippen molar-refractivity contribution >= 4 is 0 Å². The van der Waals surface area contributed by atoms with Crippen LogP contribution in [0.5, 0.6) is 0 Å². The van der Waals surface area contributed by atoms with Gasteiger partial charge < -0.3 is 21.1 Å². The standard InChI is InChI=1S/C7H15NO3/c8-5-1-3-7(10,11)4-2-6(5)9/h5-6,9-11H,1-4,8H2/t5-,6?/m1/s1. The Kier molecular flexibility index (Phi) is 2.49. The van der Waals surface area contributed by atoms with E-state index in [1.807, 2.05) is 0 Å². The zero-order valence-electron chi connectivity index (χ0n) is 6.40. The molecule has 1 rings (SSSR count). The molecule has 4 nitrogen and oxygen atoms in total. The largest absolute Gasteiger partial charge is 0.392 e. The highest BCUT2D eigenvalue weighted by atomic mass is 16.5. The minimum atomic E-state index is -1.62. The summed E-state index contributed by atoms with van der Waals surface area (Å²) in [5.41, 5.74) is 5.53. The smallest absolute Gasteiger partial charge is 0.162 e. The molecule has 1 fully saturated rings. The second-order valence-electron chi connectivity index (χ2n) is 3.29. The molecule has 0 aromatic rings. The fraction of sp³-hybridized carbons (Fsp3) is 1.00. The Labute approximate surface area is 65.6 Å². The van der Waals surface area contributed by atoms with Gasteiger partial charge in [0.05, 0.1) is 6.10 Å². The van der Waals surface area contributed by atoms with Gasteiger partial charge in [-0.25, -0.2) is 0 Å². The number of hydrogen-bond acceptors (Lipinski definition) is 4. The number of hydrogen-bond donors (Lipinski definition) is 4. The maximum Gasteiger partial charge on any atom is 0.162 e. The van der Waals surface area contributed by atoms with Gasteiger partial charge in [0.25, 0.3) is 0 Å². The molecule has 5 N–H and O–H groups in total. The molecule has 0 aromatic carbocycles. The minimum Gasteiger partial charge on any atom is -0.392 e. The third kappa shape index (κ3) is 2.41. The first-order valence-corrected chi connectivity index (χ1v) is 3.90. The molecule has 66 valence electrons. The summed E-state index contributed by atoms with van der Waals surface area (Å²) in [6.07, 6.45) is 0.714. The zero-order chi connectivity index (χ0) is 8.48. The van der Waals surface area contributed by atoms with E-state index in [1.165, 1.54) is 0 Å². The van der Waals surface area contributed by atoms with Gasteiger partial charge in [-0.15, -0.1) is 0 Å². The third-order valence-corrected chi connectivity index (χ3v) is 2.21. The highest BCUT2D eigenvalue weighted by Crippen LogP contribution is 2.23. The molecule has 1 aliphatic carbocycles. The molecule has 0 heterocycles. The minimum absolute atomic E-state index is 0.210. The van der Waals surface area contributed by atoms with Crippen LogP contribution in [-0.4, -0.2) is 33.3 Å². The molecule has 0 aliphatic heterocycles. The molecule has 0 aromatic heterocycles. The molecule has 4 heteroatoms. The predicted molar refractivity (Wildman–Crippen MR) is 39.6 cm³/mol. The van der Waals surface area contributed by atoms with Gasteiger partial charge in [-0.1, -0.05) is 0 Å². The summed E-state index contributed by atoms with van der Waals surface area (Å²) in [5, 5.41) is 27.6.